The standard InChI is InChI=1S/C20H13BrClFN2O6/c1-30-16(26)9-31-17-14(21)7-10(8-15(17)22)6-13-18(27)24-20(29)25(19(13)28)12-4-2-11(23)3-5-12/h2-8H,9H2,1H3,(H,24,27,29)/b13-6+. The minimum Gasteiger partial charge on any atom is -0.479 e. The number of halogens is 3. The Bertz CT molecular complexity index is 1100. The van der Waals surface area contributed by atoms with E-state index in [-0.39, 0.29) is 28.6 Å². The van der Waals surface area contributed by atoms with Crippen LogP contribution in [0.25, 0.3) is 6.08 Å². The number of amides is 4. The zero-order chi connectivity index (χ0) is 22.7. The molecular formula is C20H13BrClFN2O6. The van der Waals surface area contributed by atoms with Gasteiger partial charge in [0.2, 0.25) is 0 Å². The van der Waals surface area contributed by atoms with Gasteiger partial charge in [-0.05, 0) is 64.0 Å². The lowest BCUT2D eigenvalue weighted by molar-refractivity contribution is -0.143. The molecule has 1 heterocycles. The van der Waals surface area contributed by atoms with Gasteiger partial charge in [0, 0.05) is 0 Å². The van der Waals surface area contributed by atoms with E-state index in [1.54, 1.807) is 0 Å². The van der Waals surface area contributed by atoms with Gasteiger partial charge in [-0.2, -0.15) is 0 Å². The van der Waals surface area contributed by atoms with Crippen LogP contribution in [-0.4, -0.2) is 37.5 Å². The van der Waals surface area contributed by atoms with E-state index >= 15 is 0 Å². The third kappa shape index (κ3) is 4.92. The van der Waals surface area contributed by atoms with E-state index in [0.29, 0.717) is 10.0 Å². The van der Waals surface area contributed by atoms with Gasteiger partial charge >= 0.3 is 12.0 Å². The van der Waals surface area contributed by atoms with Gasteiger partial charge in [0.05, 0.1) is 22.3 Å². The van der Waals surface area contributed by atoms with Gasteiger partial charge in [0.1, 0.15) is 11.4 Å². The summed E-state index contributed by atoms with van der Waals surface area (Å²) in [5.41, 5.74) is 0.0948. The number of methoxy groups -OCH3 is 1. The molecule has 0 aliphatic carbocycles. The van der Waals surface area contributed by atoms with Gasteiger partial charge in [-0.3, -0.25) is 14.9 Å². The Balaban J connectivity index is 1.93. The maximum Gasteiger partial charge on any atom is 0.343 e. The van der Waals surface area contributed by atoms with Gasteiger partial charge in [0.15, 0.2) is 12.4 Å². The monoisotopic (exact) mass is 510 g/mol. The molecule has 0 bridgehead atoms. The van der Waals surface area contributed by atoms with E-state index in [1.807, 2.05) is 0 Å². The molecule has 0 atom stereocenters. The van der Waals surface area contributed by atoms with E-state index in [2.05, 4.69) is 26.0 Å². The number of hydrogen-bond donors (Lipinski definition) is 1. The second-order valence-electron chi connectivity index (χ2n) is 6.11. The molecule has 0 unspecified atom stereocenters. The number of carbonyl (C=O) groups excluding carboxylic acids is 4. The van der Waals surface area contributed by atoms with Gasteiger partial charge < -0.3 is 9.47 Å². The molecule has 4 amide bonds. The van der Waals surface area contributed by atoms with Crippen molar-refractivity contribution in [2.75, 3.05) is 18.6 Å². The van der Waals surface area contributed by atoms with Crippen molar-refractivity contribution in [1.29, 1.82) is 0 Å². The summed E-state index contributed by atoms with van der Waals surface area (Å²) in [6, 6.07) is 6.60. The lowest BCUT2D eigenvalue weighted by atomic mass is 10.1. The third-order valence-corrected chi connectivity index (χ3v) is 4.95. The first kappa shape index (κ1) is 22.4. The van der Waals surface area contributed by atoms with Crippen molar-refractivity contribution in [2.24, 2.45) is 0 Å². The predicted octanol–water partition coefficient (Wildman–Crippen LogP) is 3.46. The molecule has 3 rings (SSSR count). The summed E-state index contributed by atoms with van der Waals surface area (Å²) in [5, 5.41) is 2.16. The molecule has 1 fully saturated rings. The molecule has 0 radical (unpaired) electrons. The number of imide groups is 2. The van der Waals surface area contributed by atoms with Gasteiger partial charge in [0.25, 0.3) is 11.8 Å². The van der Waals surface area contributed by atoms with Crippen LogP contribution >= 0.6 is 27.5 Å². The van der Waals surface area contributed by atoms with Crippen molar-refractivity contribution in [1.82, 2.24) is 5.32 Å². The first-order chi connectivity index (χ1) is 14.7. The molecule has 8 nitrogen and oxygen atoms in total. The third-order valence-electron chi connectivity index (χ3n) is 4.08. The average Bonchev–Trinajstić information content (AvgIpc) is 2.71. The van der Waals surface area contributed by atoms with Crippen LogP contribution in [0.1, 0.15) is 5.56 Å². The quantitative estimate of drug-likeness (QED) is 0.375. The molecule has 1 aliphatic rings. The van der Waals surface area contributed by atoms with Crippen LogP contribution in [0.4, 0.5) is 14.9 Å². The fourth-order valence-electron chi connectivity index (χ4n) is 2.64. The second-order valence-corrected chi connectivity index (χ2v) is 7.37. The zero-order valence-electron chi connectivity index (χ0n) is 15.8. The van der Waals surface area contributed by atoms with Crippen molar-refractivity contribution < 1.29 is 33.0 Å². The molecule has 1 saturated heterocycles. The van der Waals surface area contributed by atoms with Crippen molar-refractivity contribution in [2.45, 2.75) is 0 Å². The highest BCUT2D eigenvalue weighted by Crippen LogP contribution is 2.35. The van der Waals surface area contributed by atoms with Crippen molar-refractivity contribution in [3.8, 4) is 5.75 Å². The highest BCUT2D eigenvalue weighted by atomic mass is 79.9. The smallest absolute Gasteiger partial charge is 0.343 e. The molecule has 2 aromatic carbocycles. The molecule has 1 aliphatic heterocycles. The number of hydrogen-bond acceptors (Lipinski definition) is 6. The first-order valence-corrected chi connectivity index (χ1v) is 9.74. The van der Waals surface area contributed by atoms with Crippen LogP contribution < -0.4 is 15.0 Å². The number of esters is 1. The molecule has 0 aromatic heterocycles. The number of barbiturate groups is 1. The number of ether oxygens (including phenoxy) is 2. The Morgan fingerprint density at radius 2 is 1.90 bits per heavy atom. The summed E-state index contributed by atoms with van der Waals surface area (Å²) in [6.45, 7) is -0.370. The van der Waals surface area contributed by atoms with E-state index in [4.69, 9.17) is 16.3 Å². The van der Waals surface area contributed by atoms with Crippen molar-refractivity contribution >= 4 is 63.1 Å². The van der Waals surface area contributed by atoms with Crippen LogP contribution in [0.15, 0.2) is 46.4 Å². The van der Waals surface area contributed by atoms with Crippen LogP contribution in [0.5, 0.6) is 5.75 Å². The maximum atomic E-state index is 13.2. The fraction of sp³-hybridized carbons (Fsp3) is 0.100. The van der Waals surface area contributed by atoms with Crippen LogP contribution in [0, 0.1) is 5.82 Å². The topological polar surface area (TPSA) is 102 Å². The number of nitrogens with one attached hydrogen (secondary N) is 1. The summed E-state index contributed by atoms with van der Waals surface area (Å²) in [6.07, 6.45) is 1.24. The molecular weight excluding hydrogens is 499 g/mol. The van der Waals surface area contributed by atoms with E-state index in [0.717, 1.165) is 17.0 Å². The SMILES string of the molecule is COC(=O)COc1c(Cl)cc(/C=C2\C(=O)NC(=O)N(c3ccc(F)cc3)C2=O)cc1Br. The lowest BCUT2D eigenvalue weighted by Crippen LogP contribution is -2.54. The predicted molar refractivity (Wildman–Crippen MR) is 112 cm³/mol. The van der Waals surface area contributed by atoms with Gasteiger partial charge in [-0.15, -0.1) is 0 Å². The maximum absolute atomic E-state index is 13.2. The number of benzene rings is 2. The lowest BCUT2D eigenvalue weighted by Gasteiger charge is -2.26. The van der Waals surface area contributed by atoms with E-state index in [9.17, 15) is 23.6 Å². The molecule has 11 heteroatoms. The number of anilines is 1. The Kier molecular flexibility index (Phi) is 6.71. The van der Waals surface area contributed by atoms with Crippen LogP contribution in [0.3, 0.4) is 0 Å². The Labute approximate surface area is 188 Å². The van der Waals surface area contributed by atoms with Crippen molar-refractivity contribution in [3.63, 3.8) is 0 Å². The second kappa shape index (κ2) is 9.27. The summed E-state index contributed by atoms with van der Waals surface area (Å²) in [7, 11) is 1.21. The van der Waals surface area contributed by atoms with Gasteiger partial charge in [-0.1, -0.05) is 11.6 Å². The molecule has 0 saturated carbocycles. The largest absolute Gasteiger partial charge is 0.479 e. The van der Waals surface area contributed by atoms with Gasteiger partial charge in [-0.25, -0.2) is 18.9 Å². The summed E-state index contributed by atoms with van der Waals surface area (Å²) in [5.74, 6) is -2.78. The summed E-state index contributed by atoms with van der Waals surface area (Å²) < 4.78 is 23.3. The average molecular weight is 512 g/mol. The highest BCUT2D eigenvalue weighted by Gasteiger charge is 2.36. The number of urea groups is 1. The fourth-order valence-corrected chi connectivity index (χ4v) is 3.63. The van der Waals surface area contributed by atoms with Crippen molar-refractivity contribution in [3.05, 3.63) is 62.8 Å². The normalized spacial score (nSPS) is 15.2. The highest BCUT2D eigenvalue weighted by molar-refractivity contribution is 9.10. The van der Waals surface area contributed by atoms with Crippen LogP contribution in [-0.2, 0) is 19.1 Å². The Morgan fingerprint density at radius 3 is 2.52 bits per heavy atom. The minimum atomic E-state index is -0.954. The number of nitrogens with zero attached hydrogens (tertiary/aromatic N) is 1. The molecule has 31 heavy (non-hydrogen) atoms. The Hall–Kier alpha value is -3.24. The van der Waals surface area contributed by atoms with E-state index in [1.165, 1.54) is 37.5 Å². The molecule has 1 N–H and O–H groups in total. The summed E-state index contributed by atoms with van der Waals surface area (Å²) >= 11 is 9.45. The first-order valence-electron chi connectivity index (χ1n) is 8.57. The zero-order valence-corrected chi connectivity index (χ0v) is 18.1. The molecule has 0 spiro atoms. The number of carbonyl (C=O) groups is 4. The molecule has 160 valence electrons. The minimum absolute atomic E-state index is 0.0908. The Morgan fingerprint density at radius 1 is 1.23 bits per heavy atom. The summed E-state index contributed by atoms with van der Waals surface area (Å²) in [4.78, 5) is 49.3. The molecule has 2 aromatic rings. The van der Waals surface area contributed by atoms with Crippen LogP contribution in [0.2, 0.25) is 5.02 Å². The number of rotatable bonds is 5. The van der Waals surface area contributed by atoms with E-state index < -0.39 is 29.6 Å².